The Morgan fingerprint density at radius 2 is 2.00 bits per heavy atom. The van der Waals surface area contributed by atoms with Crippen LogP contribution in [0.1, 0.15) is 36.2 Å². The van der Waals surface area contributed by atoms with Crippen LogP contribution in [-0.4, -0.2) is 33.9 Å². The Morgan fingerprint density at radius 1 is 1.28 bits per heavy atom. The summed E-state index contributed by atoms with van der Waals surface area (Å²) in [4.78, 5) is 22.6. The fourth-order valence-corrected chi connectivity index (χ4v) is 4.30. The van der Waals surface area contributed by atoms with Crippen LogP contribution < -0.4 is 5.32 Å². The van der Waals surface area contributed by atoms with Crippen LogP contribution in [-0.2, 0) is 11.3 Å². The fourth-order valence-electron chi connectivity index (χ4n) is 4.30. The second-order valence-electron chi connectivity index (χ2n) is 7.80. The molecule has 1 aliphatic carbocycles. The van der Waals surface area contributed by atoms with Crippen molar-refractivity contribution in [2.24, 2.45) is 11.3 Å². The number of carbonyl (C=O) groups is 1. The van der Waals surface area contributed by atoms with E-state index in [9.17, 15) is 4.79 Å². The first-order valence-corrected chi connectivity index (χ1v) is 9.14. The predicted molar refractivity (Wildman–Crippen MR) is 98.2 cm³/mol. The number of nitrogens with one attached hydrogen (secondary N) is 2. The monoisotopic (exact) mass is 338 g/mol. The van der Waals surface area contributed by atoms with Gasteiger partial charge in [-0.05, 0) is 74.9 Å². The Balaban J connectivity index is 1.32. The van der Waals surface area contributed by atoms with E-state index in [1.165, 1.54) is 11.1 Å². The highest BCUT2D eigenvalue weighted by Gasteiger charge is 2.58. The van der Waals surface area contributed by atoms with Crippen LogP contribution >= 0.6 is 0 Å². The number of aryl methyl sites for hydroxylation is 2. The third-order valence-electron chi connectivity index (χ3n) is 5.78. The number of H-pyrrole nitrogens is 1. The Labute approximate surface area is 148 Å². The molecule has 1 aromatic heterocycles. The van der Waals surface area contributed by atoms with Crippen molar-refractivity contribution in [1.29, 1.82) is 0 Å². The minimum absolute atomic E-state index is 0.180. The van der Waals surface area contributed by atoms with Crippen LogP contribution in [0.25, 0.3) is 0 Å². The lowest BCUT2D eigenvalue weighted by Crippen LogP contribution is -2.36. The molecule has 1 aromatic carbocycles. The smallest absolute Gasteiger partial charge is 0.228 e. The van der Waals surface area contributed by atoms with Crippen molar-refractivity contribution in [2.75, 3.05) is 18.4 Å². The number of benzene rings is 1. The van der Waals surface area contributed by atoms with E-state index < -0.39 is 0 Å². The van der Waals surface area contributed by atoms with Gasteiger partial charge in [0, 0.05) is 24.0 Å². The van der Waals surface area contributed by atoms with Crippen molar-refractivity contribution < 1.29 is 4.79 Å². The molecular formula is C20H26N4O. The van der Waals surface area contributed by atoms with Gasteiger partial charge in [-0.1, -0.05) is 6.07 Å². The van der Waals surface area contributed by atoms with E-state index in [0.717, 1.165) is 50.4 Å². The van der Waals surface area contributed by atoms with Gasteiger partial charge in [0.25, 0.3) is 0 Å². The Hall–Kier alpha value is -2.14. The molecule has 2 heterocycles. The summed E-state index contributed by atoms with van der Waals surface area (Å²) in [5, 5.41) is 3.14. The van der Waals surface area contributed by atoms with Gasteiger partial charge >= 0.3 is 0 Å². The molecule has 1 atom stereocenters. The molecule has 1 spiro atoms. The standard InChI is InChI=1S/C20H26N4O/c1-14-9-15(2)11-16(10-14)23-19(25)17-12-20(17)3-7-24(8-4-20)13-18-21-5-6-22-18/h5-6,9-11,17H,3-4,7-8,12-13H2,1-2H3,(H,21,22)(H,23,25)/t17-/m1/s1. The summed E-state index contributed by atoms with van der Waals surface area (Å²) in [6, 6.07) is 6.22. The zero-order valence-electron chi connectivity index (χ0n) is 15.0. The normalized spacial score (nSPS) is 22.1. The first kappa shape index (κ1) is 16.3. The third kappa shape index (κ3) is 3.47. The lowest BCUT2D eigenvalue weighted by Gasteiger charge is -2.32. The Kier molecular flexibility index (Phi) is 4.12. The molecule has 1 aliphatic heterocycles. The lowest BCUT2D eigenvalue weighted by molar-refractivity contribution is -0.118. The highest BCUT2D eigenvalue weighted by molar-refractivity contribution is 5.95. The summed E-state index contributed by atoms with van der Waals surface area (Å²) in [6.07, 6.45) is 6.93. The molecule has 1 amide bonds. The number of piperidine rings is 1. The minimum Gasteiger partial charge on any atom is -0.348 e. The van der Waals surface area contributed by atoms with Gasteiger partial charge in [-0.25, -0.2) is 4.98 Å². The molecule has 2 N–H and O–H groups in total. The van der Waals surface area contributed by atoms with Crippen LogP contribution in [0, 0.1) is 25.2 Å². The number of rotatable bonds is 4. The average Bonchev–Trinajstić information content (AvgIpc) is 3.01. The van der Waals surface area contributed by atoms with E-state index in [1.54, 1.807) is 6.20 Å². The minimum atomic E-state index is 0.180. The van der Waals surface area contributed by atoms with Crippen LogP contribution in [0.4, 0.5) is 5.69 Å². The summed E-state index contributed by atoms with van der Waals surface area (Å²) in [7, 11) is 0. The molecule has 0 bridgehead atoms. The van der Waals surface area contributed by atoms with Crippen LogP contribution in [0.15, 0.2) is 30.6 Å². The van der Waals surface area contributed by atoms with Gasteiger partial charge < -0.3 is 10.3 Å². The van der Waals surface area contributed by atoms with Gasteiger partial charge in [-0.3, -0.25) is 9.69 Å². The van der Waals surface area contributed by atoms with E-state index in [-0.39, 0.29) is 17.2 Å². The number of carbonyl (C=O) groups excluding carboxylic acids is 1. The quantitative estimate of drug-likeness (QED) is 0.899. The second-order valence-corrected chi connectivity index (χ2v) is 7.80. The molecule has 5 nitrogen and oxygen atoms in total. The predicted octanol–water partition coefficient (Wildman–Crippen LogP) is 3.27. The number of imidazole rings is 1. The van der Waals surface area contributed by atoms with E-state index in [1.807, 2.05) is 18.3 Å². The van der Waals surface area contributed by atoms with Gasteiger partial charge in [0.1, 0.15) is 5.82 Å². The van der Waals surface area contributed by atoms with E-state index >= 15 is 0 Å². The van der Waals surface area contributed by atoms with E-state index in [2.05, 4.69) is 40.1 Å². The number of aromatic nitrogens is 2. The maximum Gasteiger partial charge on any atom is 0.228 e. The number of amides is 1. The average molecular weight is 338 g/mol. The molecular weight excluding hydrogens is 312 g/mol. The van der Waals surface area contributed by atoms with Gasteiger partial charge in [0.2, 0.25) is 5.91 Å². The van der Waals surface area contributed by atoms with Gasteiger partial charge in [-0.15, -0.1) is 0 Å². The number of aromatic amines is 1. The molecule has 2 fully saturated rings. The molecule has 2 aliphatic rings. The van der Waals surface area contributed by atoms with E-state index in [4.69, 9.17) is 0 Å². The largest absolute Gasteiger partial charge is 0.348 e. The van der Waals surface area contributed by atoms with E-state index in [0.29, 0.717) is 0 Å². The van der Waals surface area contributed by atoms with Crippen molar-refractivity contribution in [3.8, 4) is 0 Å². The molecule has 0 radical (unpaired) electrons. The second kappa shape index (κ2) is 6.30. The summed E-state index contributed by atoms with van der Waals surface area (Å²) < 4.78 is 0. The highest BCUT2D eigenvalue weighted by Crippen LogP contribution is 2.59. The molecule has 5 heteroatoms. The summed E-state index contributed by atoms with van der Waals surface area (Å²) in [5.74, 6) is 1.40. The summed E-state index contributed by atoms with van der Waals surface area (Å²) in [5.41, 5.74) is 3.54. The first-order chi connectivity index (χ1) is 12.0. The molecule has 4 rings (SSSR count). The van der Waals surface area contributed by atoms with Crippen LogP contribution in [0.2, 0.25) is 0 Å². The van der Waals surface area contributed by atoms with Gasteiger partial charge in [-0.2, -0.15) is 0 Å². The van der Waals surface area contributed by atoms with Gasteiger partial charge in [0.15, 0.2) is 0 Å². The molecule has 1 saturated heterocycles. The van der Waals surface area contributed by atoms with Crippen LogP contribution in [0.5, 0.6) is 0 Å². The number of hydrogen-bond acceptors (Lipinski definition) is 3. The summed E-state index contributed by atoms with van der Waals surface area (Å²) >= 11 is 0. The Morgan fingerprint density at radius 3 is 2.64 bits per heavy atom. The maximum absolute atomic E-state index is 12.7. The van der Waals surface area contributed by atoms with Crippen molar-refractivity contribution in [3.63, 3.8) is 0 Å². The van der Waals surface area contributed by atoms with Crippen molar-refractivity contribution in [2.45, 2.75) is 39.7 Å². The zero-order valence-corrected chi connectivity index (χ0v) is 15.0. The molecule has 132 valence electrons. The number of hydrogen-bond donors (Lipinski definition) is 2. The highest BCUT2D eigenvalue weighted by atomic mass is 16.2. The summed E-state index contributed by atoms with van der Waals surface area (Å²) in [6.45, 7) is 7.11. The number of likely N-dealkylation sites (tertiary alicyclic amines) is 1. The number of nitrogens with zero attached hydrogens (tertiary/aromatic N) is 2. The zero-order chi connectivity index (χ0) is 17.4. The Bertz CT molecular complexity index is 740. The van der Waals surface area contributed by atoms with Gasteiger partial charge in [0.05, 0.1) is 6.54 Å². The topological polar surface area (TPSA) is 61.0 Å². The molecule has 2 aromatic rings. The lowest BCUT2D eigenvalue weighted by atomic mass is 9.90. The van der Waals surface area contributed by atoms with Crippen molar-refractivity contribution in [3.05, 3.63) is 47.5 Å². The third-order valence-corrected chi connectivity index (χ3v) is 5.78. The maximum atomic E-state index is 12.7. The number of anilines is 1. The molecule has 1 saturated carbocycles. The fraction of sp³-hybridized carbons (Fsp3) is 0.500. The molecule has 0 unspecified atom stereocenters. The SMILES string of the molecule is Cc1cc(C)cc(NC(=O)[C@H]2CC23CCN(Cc2ncc[nH]2)CC3)c1. The van der Waals surface area contributed by atoms with Crippen molar-refractivity contribution >= 4 is 11.6 Å². The van der Waals surface area contributed by atoms with Crippen molar-refractivity contribution in [1.82, 2.24) is 14.9 Å². The molecule has 25 heavy (non-hydrogen) atoms. The van der Waals surface area contributed by atoms with Crippen LogP contribution in [0.3, 0.4) is 0 Å². The first-order valence-electron chi connectivity index (χ1n) is 9.14.